The van der Waals surface area contributed by atoms with Gasteiger partial charge in [-0.2, -0.15) is 0 Å². The number of aryl methyl sites for hydroxylation is 3. The Balaban J connectivity index is 1.75. The molecule has 0 bridgehead atoms. The van der Waals surface area contributed by atoms with Gasteiger partial charge in [-0.25, -0.2) is 9.13 Å². The summed E-state index contributed by atoms with van der Waals surface area (Å²) in [5, 5.41) is 0. The van der Waals surface area contributed by atoms with Crippen molar-refractivity contribution >= 4 is 0 Å². The summed E-state index contributed by atoms with van der Waals surface area (Å²) in [6, 6.07) is 21.4. The predicted molar refractivity (Wildman–Crippen MR) is 90.5 cm³/mol. The fraction of sp³-hybridized carbons (Fsp3) is 0.250. The van der Waals surface area contributed by atoms with Gasteiger partial charge in [0, 0.05) is 0 Å². The first-order valence-corrected chi connectivity index (χ1v) is 8.06. The Morgan fingerprint density at radius 3 is 2.27 bits per heavy atom. The second-order valence-electron chi connectivity index (χ2n) is 5.56. The Kier molecular flexibility index (Phi) is 4.69. The molecular formula is C20H23N2+. The van der Waals surface area contributed by atoms with Crippen LogP contribution in [0.3, 0.4) is 0 Å². The molecule has 3 aromatic rings. The maximum absolute atomic E-state index is 2.38. The van der Waals surface area contributed by atoms with E-state index >= 15 is 0 Å². The zero-order valence-corrected chi connectivity index (χ0v) is 13.2. The maximum Gasteiger partial charge on any atom is 0.288 e. The molecular weight excluding hydrogens is 268 g/mol. The zero-order valence-electron chi connectivity index (χ0n) is 13.2. The highest BCUT2D eigenvalue weighted by Gasteiger charge is 2.17. The van der Waals surface area contributed by atoms with Gasteiger partial charge in [-0.1, -0.05) is 48.5 Å². The number of benzene rings is 2. The third kappa shape index (κ3) is 3.28. The first-order chi connectivity index (χ1) is 10.9. The van der Waals surface area contributed by atoms with Crippen LogP contribution in [0.5, 0.6) is 0 Å². The van der Waals surface area contributed by atoms with Crippen molar-refractivity contribution in [1.29, 1.82) is 0 Å². The molecule has 0 radical (unpaired) electrons. The molecule has 1 heterocycles. The molecule has 0 saturated carbocycles. The average molecular weight is 291 g/mol. The van der Waals surface area contributed by atoms with E-state index < -0.39 is 0 Å². The topological polar surface area (TPSA) is 8.81 Å². The van der Waals surface area contributed by atoms with Crippen LogP contribution >= 0.6 is 0 Å². The summed E-state index contributed by atoms with van der Waals surface area (Å²) in [5.74, 6) is 1.30. The lowest BCUT2D eigenvalue weighted by atomic mass is 10.1. The van der Waals surface area contributed by atoms with Crippen molar-refractivity contribution < 1.29 is 4.57 Å². The monoisotopic (exact) mass is 291 g/mol. The van der Waals surface area contributed by atoms with Crippen molar-refractivity contribution in [3.8, 4) is 11.4 Å². The molecule has 2 heteroatoms. The van der Waals surface area contributed by atoms with Crippen LogP contribution in [0.25, 0.3) is 11.4 Å². The molecule has 0 atom stereocenters. The van der Waals surface area contributed by atoms with Crippen LogP contribution in [0.2, 0.25) is 0 Å². The minimum Gasteiger partial charge on any atom is -0.230 e. The van der Waals surface area contributed by atoms with E-state index in [9.17, 15) is 0 Å². The molecule has 0 unspecified atom stereocenters. The molecule has 0 amide bonds. The molecule has 0 N–H and O–H groups in total. The lowest BCUT2D eigenvalue weighted by Crippen LogP contribution is -2.35. The quantitative estimate of drug-likeness (QED) is 0.605. The van der Waals surface area contributed by atoms with Crippen molar-refractivity contribution in [2.24, 2.45) is 0 Å². The third-order valence-electron chi connectivity index (χ3n) is 4.05. The van der Waals surface area contributed by atoms with Crippen LogP contribution in [0, 0.1) is 0 Å². The van der Waals surface area contributed by atoms with Crippen LogP contribution in [-0.4, -0.2) is 4.57 Å². The van der Waals surface area contributed by atoms with Crippen molar-refractivity contribution in [3.05, 3.63) is 78.6 Å². The normalized spacial score (nSPS) is 10.8. The fourth-order valence-electron chi connectivity index (χ4n) is 2.92. The summed E-state index contributed by atoms with van der Waals surface area (Å²) in [7, 11) is 0. The second kappa shape index (κ2) is 7.08. The Hall–Kier alpha value is -2.35. The molecule has 0 aliphatic rings. The van der Waals surface area contributed by atoms with Gasteiger partial charge < -0.3 is 0 Å². The van der Waals surface area contributed by atoms with Crippen LogP contribution in [0.1, 0.15) is 18.9 Å². The summed E-state index contributed by atoms with van der Waals surface area (Å²) < 4.78 is 4.69. The first-order valence-electron chi connectivity index (χ1n) is 8.06. The van der Waals surface area contributed by atoms with Gasteiger partial charge >= 0.3 is 0 Å². The minimum atomic E-state index is 0.996. The molecule has 0 aliphatic carbocycles. The van der Waals surface area contributed by atoms with E-state index in [1.807, 2.05) is 0 Å². The van der Waals surface area contributed by atoms with E-state index in [1.54, 1.807) is 0 Å². The summed E-state index contributed by atoms with van der Waals surface area (Å²) in [4.78, 5) is 0. The highest BCUT2D eigenvalue weighted by molar-refractivity contribution is 5.52. The third-order valence-corrected chi connectivity index (χ3v) is 4.05. The van der Waals surface area contributed by atoms with E-state index in [-0.39, 0.29) is 0 Å². The summed E-state index contributed by atoms with van der Waals surface area (Å²) in [6.45, 7) is 4.24. The molecule has 112 valence electrons. The molecule has 22 heavy (non-hydrogen) atoms. The Morgan fingerprint density at radius 1 is 0.909 bits per heavy atom. The lowest BCUT2D eigenvalue weighted by Gasteiger charge is -2.05. The average Bonchev–Trinajstić information content (AvgIpc) is 2.99. The van der Waals surface area contributed by atoms with Crippen molar-refractivity contribution in [2.75, 3.05) is 0 Å². The minimum absolute atomic E-state index is 0.996. The number of rotatable bonds is 6. The first kappa shape index (κ1) is 14.6. The van der Waals surface area contributed by atoms with Gasteiger partial charge in [-0.3, -0.25) is 0 Å². The molecule has 1 aromatic heterocycles. The van der Waals surface area contributed by atoms with Gasteiger partial charge in [0.05, 0.1) is 18.7 Å². The Labute approximate surface area is 132 Å². The van der Waals surface area contributed by atoms with E-state index in [0.717, 1.165) is 25.9 Å². The smallest absolute Gasteiger partial charge is 0.230 e. The second-order valence-corrected chi connectivity index (χ2v) is 5.56. The number of hydrogen-bond acceptors (Lipinski definition) is 0. The fourth-order valence-corrected chi connectivity index (χ4v) is 2.92. The Morgan fingerprint density at radius 2 is 1.59 bits per heavy atom. The van der Waals surface area contributed by atoms with Crippen molar-refractivity contribution in [3.63, 3.8) is 0 Å². The molecule has 0 saturated heterocycles. The molecule has 3 rings (SSSR count). The lowest BCUT2D eigenvalue weighted by molar-refractivity contribution is -0.685. The van der Waals surface area contributed by atoms with Gasteiger partial charge in [-0.15, -0.1) is 0 Å². The van der Waals surface area contributed by atoms with Gasteiger partial charge in [-0.05, 0) is 37.5 Å². The van der Waals surface area contributed by atoms with Gasteiger partial charge in [0.2, 0.25) is 0 Å². The highest BCUT2D eigenvalue weighted by Crippen LogP contribution is 2.16. The molecule has 0 aliphatic heterocycles. The molecule has 0 spiro atoms. The molecule has 2 nitrogen and oxygen atoms in total. The van der Waals surface area contributed by atoms with Crippen LogP contribution < -0.4 is 4.57 Å². The Bertz CT molecular complexity index is 699. The standard InChI is InChI=1S/C20H23N2/c1-2-21-16-17-22(20(21)19-13-7-4-8-14-19)15-9-12-18-10-5-3-6-11-18/h3-8,10-11,13-14,16-17H,2,9,12,15H2,1H3/q+1. The van der Waals surface area contributed by atoms with Gasteiger partial charge in [0.1, 0.15) is 12.4 Å². The highest BCUT2D eigenvalue weighted by atomic mass is 15.1. The van der Waals surface area contributed by atoms with Crippen molar-refractivity contribution in [1.82, 2.24) is 4.57 Å². The van der Waals surface area contributed by atoms with Crippen LogP contribution in [-0.2, 0) is 19.5 Å². The van der Waals surface area contributed by atoms with E-state index in [2.05, 4.69) is 89.1 Å². The van der Waals surface area contributed by atoms with Crippen molar-refractivity contribution in [2.45, 2.75) is 32.9 Å². The van der Waals surface area contributed by atoms with E-state index in [1.165, 1.54) is 17.0 Å². The molecule has 0 fully saturated rings. The SMILES string of the molecule is CCn1cc[n+](CCCc2ccccc2)c1-c1ccccc1. The van der Waals surface area contributed by atoms with Crippen LogP contribution in [0.4, 0.5) is 0 Å². The molecule has 2 aromatic carbocycles. The summed E-state index contributed by atoms with van der Waals surface area (Å²) in [5.41, 5.74) is 2.70. The zero-order chi connectivity index (χ0) is 15.2. The summed E-state index contributed by atoms with van der Waals surface area (Å²) in [6.07, 6.45) is 6.67. The largest absolute Gasteiger partial charge is 0.288 e. The number of hydrogen-bond donors (Lipinski definition) is 0. The van der Waals surface area contributed by atoms with E-state index in [0.29, 0.717) is 0 Å². The summed E-state index contributed by atoms with van der Waals surface area (Å²) >= 11 is 0. The van der Waals surface area contributed by atoms with Crippen LogP contribution in [0.15, 0.2) is 73.1 Å². The number of aromatic nitrogens is 2. The van der Waals surface area contributed by atoms with Gasteiger partial charge in [0.15, 0.2) is 0 Å². The number of nitrogens with zero attached hydrogens (tertiary/aromatic N) is 2. The predicted octanol–water partition coefficient (Wildman–Crippen LogP) is 4.10. The van der Waals surface area contributed by atoms with E-state index in [4.69, 9.17) is 0 Å². The maximum atomic E-state index is 2.38. The number of imidazole rings is 1. The van der Waals surface area contributed by atoms with Gasteiger partial charge in [0.25, 0.3) is 5.82 Å².